The molecule has 3 N–H and O–H groups in total. The lowest BCUT2D eigenvalue weighted by atomic mass is 10.3. The van der Waals surface area contributed by atoms with E-state index in [0.717, 1.165) is 11.8 Å². The summed E-state index contributed by atoms with van der Waals surface area (Å²) in [6.45, 7) is 0. The van der Waals surface area contributed by atoms with Crippen molar-refractivity contribution in [2.75, 3.05) is 5.73 Å². The van der Waals surface area contributed by atoms with Gasteiger partial charge in [0.15, 0.2) is 0 Å². The maximum absolute atomic E-state index is 12.7. The zero-order valence-corrected chi connectivity index (χ0v) is 14.0. The standard InChI is InChI=1S/C13H8Cl2F3N5S/c14-5-1-7-8(2-6(5)15)21-10(20-7)4-24-11-3-9(19)22-12(23-11)13(16,17)18/h1-3H,4H2,(H,20,21)(H2,19,22,23). The second kappa shape index (κ2) is 6.30. The van der Waals surface area contributed by atoms with Crippen molar-refractivity contribution in [3.63, 3.8) is 0 Å². The average molecular weight is 394 g/mol. The first-order valence-corrected chi connectivity index (χ1v) is 8.15. The van der Waals surface area contributed by atoms with E-state index in [-0.39, 0.29) is 16.6 Å². The van der Waals surface area contributed by atoms with Crippen molar-refractivity contribution in [2.24, 2.45) is 0 Å². The summed E-state index contributed by atoms with van der Waals surface area (Å²) in [5.74, 6) is -0.715. The summed E-state index contributed by atoms with van der Waals surface area (Å²) in [7, 11) is 0. The van der Waals surface area contributed by atoms with Crippen LogP contribution in [0.4, 0.5) is 19.0 Å². The highest BCUT2D eigenvalue weighted by Crippen LogP contribution is 2.31. The summed E-state index contributed by atoms with van der Waals surface area (Å²) < 4.78 is 38.1. The van der Waals surface area contributed by atoms with E-state index in [0.29, 0.717) is 26.9 Å². The summed E-state index contributed by atoms with van der Waals surface area (Å²) in [6, 6.07) is 4.51. The Morgan fingerprint density at radius 3 is 2.50 bits per heavy atom. The van der Waals surface area contributed by atoms with E-state index in [1.54, 1.807) is 12.1 Å². The van der Waals surface area contributed by atoms with Crippen molar-refractivity contribution in [3.05, 3.63) is 39.9 Å². The fraction of sp³-hybridized carbons (Fsp3) is 0.154. The van der Waals surface area contributed by atoms with Crippen LogP contribution < -0.4 is 5.73 Å². The largest absolute Gasteiger partial charge is 0.451 e. The van der Waals surface area contributed by atoms with Gasteiger partial charge in [-0.05, 0) is 12.1 Å². The number of hydrogen-bond donors (Lipinski definition) is 2. The van der Waals surface area contributed by atoms with Crippen LogP contribution in [0.2, 0.25) is 10.0 Å². The van der Waals surface area contributed by atoms with Crippen molar-refractivity contribution in [3.8, 4) is 0 Å². The normalized spacial score (nSPS) is 12.0. The molecule has 0 aliphatic rings. The van der Waals surface area contributed by atoms with E-state index in [1.165, 1.54) is 6.07 Å². The Balaban J connectivity index is 1.82. The fourth-order valence-electron chi connectivity index (χ4n) is 1.91. The van der Waals surface area contributed by atoms with E-state index in [1.807, 2.05) is 0 Å². The third kappa shape index (κ3) is 3.68. The molecule has 0 saturated heterocycles. The molecule has 1 aromatic carbocycles. The number of H-pyrrole nitrogens is 1. The number of aromatic nitrogens is 4. The predicted octanol–water partition coefficient (Wildman–Crippen LogP) is 4.55. The molecule has 0 aliphatic carbocycles. The number of nitrogen functional groups attached to an aromatic ring is 1. The molecule has 5 nitrogen and oxygen atoms in total. The van der Waals surface area contributed by atoms with Crippen molar-refractivity contribution in [1.29, 1.82) is 0 Å². The van der Waals surface area contributed by atoms with E-state index < -0.39 is 12.0 Å². The number of hydrogen-bond acceptors (Lipinski definition) is 5. The van der Waals surface area contributed by atoms with Crippen LogP contribution in [0.1, 0.15) is 11.6 Å². The number of nitrogens with zero attached hydrogens (tertiary/aromatic N) is 3. The number of thioether (sulfide) groups is 1. The molecule has 0 aliphatic heterocycles. The van der Waals surface area contributed by atoms with Crippen LogP contribution in [-0.4, -0.2) is 19.9 Å². The molecule has 0 fully saturated rings. The molecule has 3 aromatic rings. The van der Waals surface area contributed by atoms with Crippen LogP contribution in [-0.2, 0) is 11.9 Å². The van der Waals surface area contributed by atoms with Crippen molar-refractivity contribution in [2.45, 2.75) is 17.0 Å². The highest BCUT2D eigenvalue weighted by molar-refractivity contribution is 7.98. The van der Waals surface area contributed by atoms with Gasteiger partial charge in [0.1, 0.15) is 16.7 Å². The number of halogens is 5. The number of rotatable bonds is 3. The third-order valence-electron chi connectivity index (χ3n) is 2.91. The van der Waals surface area contributed by atoms with Gasteiger partial charge in [-0.15, -0.1) is 0 Å². The number of benzene rings is 1. The Labute approximate surface area is 147 Å². The van der Waals surface area contributed by atoms with Gasteiger partial charge in [0, 0.05) is 6.07 Å². The SMILES string of the molecule is Nc1cc(SCc2nc3cc(Cl)c(Cl)cc3[nH]2)nc(C(F)(F)F)n1. The van der Waals surface area contributed by atoms with Crippen LogP contribution >= 0.6 is 35.0 Å². The smallest absolute Gasteiger partial charge is 0.384 e. The highest BCUT2D eigenvalue weighted by Gasteiger charge is 2.35. The molecule has 0 unspecified atom stereocenters. The van der Waals surface area contributed by atoms with E-state index in [2.05, 4.69) is 19.9 Å². The number of imidazole rings is 1. The number of nitrogens with one attached hydrogen (secondary N) is 1. The maximum Gasteiger partial charge on any atom is 0.451 e. The predicted molar refractivity (Wildman–Crippen MR) is 87.1 cm³/mol. The summed E-state index contributed by atoms with van der Waals surface area (Å²) in [5.41, 5.74) is 6.69. The minimum Gasteiger partial charge on any atom is -0.384 e. The molecule has 0 spiro atoms. The summed E-state index contributed by atoms with van der Waals surface area (Å²) in [5, 5.41) is 0.852. The van der Waals surface area contributed by atoms with Crippen molar-refractivity contribution >= 4 is 51.8 Å². The zero-order valence-electron chi connectivity index (χ0n) is 11.7. The minimum absolute atomic E-state index is 0.103. The molecule has 2 aromatic heterocycles. The van der Waals surface area contributed by atoms with E-state index in [4.69, 9.17) is 28.9 Å². The molecule has 0 bridgehead atoms. The molecule has 11 heteroatoms. The molecular weight excluding hydrogens is 386 g/mol. The summed E-state index contributed by atoms with van der Waals surface area (Å²) in [4.78, 5) is 14.0. The van der Waals surface area contributed by atoms with Crippen LogP contribution in [0.25, 0.3) is 11.0 Å². The molecule has 126 valence electrons. The molecule has 3 rings (SSSR count). The molecular formula is C13H8Cl2F3N5S. The third-order valence-corrected chi connectivity index (χ3v) is 4.55. The second-order valence-corrected chi connectivity index (χ2v) is 6.52. The van der Waals surface area contributed by atoms with Gasteiger partial charge in [-0.2, -0.15) is 13.2 Å². The van der Waals surface area contributed by atoms with Gasteiger partial charge in [-0.3, -0.25) is 0 Å². The van der Waals surface area contributed by atoms with Gasteiger partial charge in [0.25, 0.3) is 0 Å². The first-order valence-electron chi connectivity index (χ1n) is 6.40. The Morgan fingerprint density at radius 2 is 1.79 bits per heavy atom. The van der Waals surface area contributed by atoms with Gasteiger partial charge < -0.3 is 10.7 Å². The van der Waals surface area contributed by atoms with Gasteiger partial charge in [-0.1, -0.05) is 35.0 Å². The second-order valence-electron chi connectivity index (χ2n) is 4.71. The van der Waals surface area contributed by atoms with Crippen molar-refractivity contribution < 1.29 is 13.2 Å². The minimum atomic E-state index is -4.66. The van der Waals surface area contributed by atoms with Gasteiger partial charge in [-0.25, -0.2) is 15.0 Å². The number of alkyl halides is 3. The highest BCUT2D eigenvalue weighted by atomic mass is 35.5. The first kappa shape index (κ1) is 17.1. The van der Waals surface area contributed by atoms with E-state index >= 15 is 0 Å². The fourth-order valence-corrected chi connectivity index (χ4v) is 3.01. The first-order chi connectivity index (χ1) is 11.2. The van der Waals surface area contributed by atoms with Crippen LogP contribution in [0, 0.1) is 0 Å². The van der Waals surface area contributed by atoms with Gasteiger partial charge in [0.05, 0.1) is 26.8 Å². The Bertz CT molecular complexity index is 873. The lowest BCUT2D eigenvalue weighted by Crippen LogP contribution is -2.12. The molecule has 0 atom stereocenters. The van der Waals surface area contributed by atoms with Gasteiger partial charge >= 0.3 is 6.18 Å². The average Bonchev–Trinajstić information content (AvgIpc) is 2.86. The van der Waals surface area contributed by atoms with Crippen LogP contribution in [0.5, 0.6) is 0 Å². The number of nitrogens with two attached hydrogens (primary N) is 1. The Kier molecular flexibility index (Phi) is 4.50. The summed E-state index contributed by atoms with van der Waals surface area (Å²) >= 11 is 12.9. The van der Waals surface area contributed by atoms with E-state index in [9.17, 15) is 13.2 Å². The molecule has 0 amide bonds. The monoisotopic (exact) mass is 393 g/mol. The van der Waals surface area contributed by atoms with Crippen LogP contribution in [0.15, 0.2) is 23.2 Å². The molecule has 0 saturated carbocycles. The lowest BCUT2D eigenvalue weighted by Gasteiger charge is -2.07. The Hall–Kier alpha value is -1.71. The topological polar surface area (TPSA) is 80.5 Å². The number of fused-ring (bicyclic) bond motifs is 1. The summed E-state index contributed by atoms with van der Waals surface area (Å²) in [6.07, 6.45) is -4.66. The maximum atomic E-state index is 12.7. The van der Waals surface area contributed by atoms with Crippen molar-refractivity contribution in [1.82, 2.24) is 19.9 Å². The quantitative estimate of drug-likeness (QED) is 0.503. The Morgan fingerprint density at radius 1 is 1.08 bits per heavy atom. The zero-order chi connectivity index (χ0) is 17.5. The molecule has 2 heterocycles. The van der Waals surface area contributed by atoms with Gasteiger partial charge in [0.2, 0.25) is 5.82 Å². The number of anilines is 1. The van der Waals surface area contributed by atoms with Crippen LogP contribution in [0.3, 0.4) is 0 Å². The molecule has 0 radical (unpaired) electrons. The molecule has 24 heavy (non-hydrogen) atoms. The lowest BCUT2D eigenvalue weighted by molar-refractivity contribution is -0.145. The number of aromatic amines is 1.